The molecule has 0 N–H and O–H groups in total. The molecule has 3 aromatic rings. The molecule has 146 valence electrons. The second kappa shape index (κ2) is 8.86. The van der Waals surface area contributed by atoms with E-state index in [4.69, 9.17) is 11.6 Å². The summed E-state index contributed by atoms with van der Waals surface area (Å²) in [5, 5.41) is 5.04. The number of rotatable bonds is 6. The SMILES string of the molecule is Cn1nccc1C(c1ccc(Cl)cn1)N1CCN(CCc2ccccc2)CC1. The molecular formula is C22H26ClN5. The third-order valence-electron chi connectivity index (χ3n) is 5.50. The lowest BCUT2D eigenvalue weighted by molar-refractivity contribution is 0.106. The van der Waals surface area contributed by atoms with Crippen molar-refractivity contribution in [2.24, 2.45) is 7.05 Å². The van der Waals surface area contributed by atoms with Gasteiger partial charge in [0, 0.05) is 52.2 Å². The van der Waals surface area contributed by atoms with Crippen molar-refractivity contribution in [1.29, 1.82) is 0 Å². The van der Waals surface area contributed by atoms with E-state index in [1.54, 1.807) is 6.20 Å². The molecule has 1 fully saturated rings. The Labute approximate surface area is 171 Å². The molecule has 3 heterocycles. The van der Waals surface area contributed by atoms with Gasteiger partial charge in [0.05, 0.1) is 22.5 Å². The van der Waals surface area contributed by atoms with Crippen LogP contribution in [0.1, 0.15) is 23.0 Å². The standard InChI is InChI=1S/C22H26ClN5/c1-26-21(9-11-25-26)22(20-8-7-19(23)17-24-20)28-15-13-27(14-16-28)12-10-18-5-3-2-4-6-18/h2-9,11,17,22H,10,12-16H2,1H3. The first kappa shape index (κ1) is 19.1. The van der Waals surface area contributed by atoms with E-state index in [9.17, 15) is 0 Å². The van der Waals surface area contributed by atoms with Crippen LogP contribution < -0.4 is 0 Å². The van der Waals surface area contributed by atoms with E-state index in [0.717, 1.165) is 50.5 Å². The van der Waals surface area contributed by atoms with E-state index in [-0.39, 0.29) is 6.04 Å². The number of aromatic nitrogens is 3. The Morgan fingerprint density at radius 2 is 1.79 bits per heavy atom. The molecule has 0 radical (unpaired) electrons. The van der Waals surface area contributed by atoms with E-state index in [0.29, 0.717) is 5.02 Å². The topological polar surface area (TPSA) is 37.2 Å². The summed E-state index contributed by atoms with van der Waals surface area (Å²) >= 11 is 6.06. The van der Waals surface area contributed by atoms with Crippen molar-refractivity contribution in [3.05, 3.63) is 82.9 Å². The zero-order valence-corrected chi connectivity index (χ0v) is 17.0. The summed E-state index contributed by atoms with van der Waals surface area (Å²) in [6.07, 6.45) is 4.69. The minimum atomic E-state index is 0.0982. The Morgan fingerprint density at radius 3 is 2.43 bits per heavy atom. The number of aryl methyl sites for hydroxylation is 1. The van der Waals surface area contributed by atoms with Crippen LogP contribution in [0.4, 0.5) is 0 Å². The number of nitrogens with zero attached hydrogens (tertiary/aromatic N) is 5. The molecule has 6 heteroatoms. The largest absolute Gasteiger partial charge is 0.300 e. The van der Waals surface area contributed by atoms with Gasteiger partial charge < -0.3 is 4.90 Å². The number of halogens is 1. The summed E-state index contributed by atoms with van der Waals surface area (Å²) in [5.74, 6) is 0. The van der Waals surface area contributed by atoms with Gasteiger partial charge >= 0.3 is 0 Å². The van der Waals surface area contributed by atoms with E-state index in [2.05, 4.69) is 56.3 Å². The van der Waals surface area contributed by atoms with Crippen molar-refractivity contribution in [2.45, 2.75) is 12.5 Å². The maximum atomic E-state index is 6.06. The normalized spacial score (nSPS) is 16.9. The van der Waals surface area contributed by atoms with E-state index < -0.39 is 0 Å². The van der Waals surface area contributed by atoms with Crippen molar-refractivity contribution in [1.82, 2.24) is 24.6 Å². The summed E-state index contributed by atoms with van der Waals surface area (Å²) in [7, 11) is 1.99. The summed E-state index contributed by atoms with van der Waals surface area (Å²) in [6.45, 7) is 5.25. The summed E-state index contributed by atoms with van der Waals surface area (Å²) < 4.78 is 1.95. The minimum Gasteiger partial charge on any atom is -0.300 e. The van der Waals surface area contributed by atoms with Gasteiger partial charge in [-0.3, -0.25) is 14.6 Å². The van der Waals surface area contributed by atoms with Crippen LogP contribution in [0.15, 0.2) is 60.9 Å². The molecule has 0 saturated carbocycles. The van der Waals surface area contributed by atoms with Gasteiger partial charge in [-0.15, -0.1) is 0 Å². The highest BCUT2D eigenvalue weighted by molar-refractivity contribution is 6.30. The predicted molar refractivity (Wildman–Crippen MR) is 112 cm³/mol. The smallest absolute Gasteiger partial charge is 0.0947 e. The second-order valence-corrected chi connectivity index (χ2v) is 7.73. The number of pyridine rings is 1. The van der Waals surface area contributed by atoms with E-state index in [1.807, 2.05) is 30.1 Å². The Kier molecular flexibility index (Phi) is 6.05. The van der Waals surface area contributed by atoms with Crippen molar-refractivity contribution >= 4 is 11.6 Å². The monoisotopic (exact) mass is 395 g/mol. The van der Waals surface area contributed by atoms with Gasteiger partial charge in [0.15, 0.2) is 0 Å². The van der Waals surface area contributed by atoms with Gasteiger partial charge in [0.1, 0.15) is 0 Å². The van der Waals surface area contributed by atoms with Crippen LogP contribution in [0.5, 0.6) is 0 Å². The van der Waals surface area contributed by atoms with Crippen molar-refractivity contribution in [3.63, 3.8) is 0 Å². The zero-order chi connectivity index (χ0) is 19.3. The highest BCUT2D eigenvalue weighted by atomic mass is 35.5. The quantitative estimate of drug-likeness (QED) is 0.641. The van der Waals surface area contributed by atoms with Crippen molar-refractivity contribution < 1.29 is 0 Å². The molecule has 1 aliphatic heterocycles. The Hall–Kier alpha value is -2.21. The third kappa shape index (κ3) is 4.43. The average Bonchev–Trinajstić information content (AvgIpc) is 3.15. The number of benzene rings is 1. The molecule has 1 unspecified atom stereocenters. The lowest BCUT2D eigenvalue weighted by Gasteiger charge is -2.39. The maximum absolute atomic E-state index is 6.06. The summed E-state index contributed by atoms with van der Waals surface area (Å²) in [5.41, 5.74) is 3.58. The maximum Gasteiger partial charge on any atom is 0.0947 e. The number of piperazine rings is 1. The zero-order valence-electron chi connectivity index (χ0n) is 16.2. The molecular weight excluding hydrogens is 370 g/mol. The molecule has 28 heavy (non-hydrogen) atoms. The molecule has 0 amide bonds. The van der Waals surface area contributed by atoms with Crippen LogP contribution in [0.25, 0.3) is 0 Å². The van der Waals surface area contributed by atoms with Gasteiger partial charge in [0.25, 0.3) is 0 Å². The molecule has 0 bridgehead atoms. The number of hydrogen-bond donors (Lipinski definition) is 0. The van der Waals surface area contributed by atoms with Gasteiger partial charge in [0.2, 0.25) is 0 Å². The summed E-state index contributed by atoms with van der Waals surface area (Å²) in [6, 6.07) is 16.9. The first-order valence-corrected chi connectivity index (χ1v) is 10.2. The fraction of sp³-hybridized carbons (Fsp3) is 0.364. The third-order valence-corrected chi connectivity index (χ3v) is 5.72. The van der Waals surface area contributed by atoms with Crippen LogP contribution >= 0.6 is 11.6 Å². The molecule has 1 atom stereocenters. The second-order valence-electron chi connectivity index (χ2n) is 7.30. The van der Waals surface area contributed by atoms with Gasteiger partial charge in [-0.1, -0.05) is 41.9 Å². The minimum absolute atomic E-state index is 0.0982. The van der Waals surface area contributed by atoms with Gasteiger partial charge in [-0.2, -0.15) is 5.10 Å². The lowest BCUT2D eigenvalue weighted by Crippen LogP contribution is -2.48. The van der Waals surface area contributed by atoms with Gasteiger partial charge in [-0.05, 0) is 30.2 Å². The van der Waals surface area contributed by atoms with Crippen LogP contribution in [0.3, 0.4) is 0 Å². The molecule has 1 saturated heterocycles. The lowest BCUT2D eigenvalue weighted by atomic mass is 10.1. The van der Waals surface area contributed by atoms with E-state index >= 15 is 0 Å². The Morgan fingerprint density at radius 1 is 1.00 bits per heavy atom. The van der Waals surface area contributed by atoms with Crippen LogP contribution in [-0.4, -0.2) is 57.3 Å². The van der Waals surface area contributed by atoms with Crippen molar-refractivity contribution in [3.8, 4) is 0 Å². The number of hydrogen-bond acceptors (Lipinski definition) is 4. The van der Waals surface area contributed by atoms with Crippen LogP contribution in [0.2, 0.25) is 5.02 Å². The Bertz CT molecular complexity index is 869. The highest BCUT2D eigenvalue weighted by Crippen LogP contribution is 2.28. The van der Waals surface area contributed by atoms with Gasteiger partial charge in [-0.25, -0.2) is 0 Å². The first-order chi connectivity index (χ1) is 13.7. The van der Waals surface area contributed by atoms with Crippen LogP contribution in [0, 0.1) is 0 Å². The van der Waals surface area contributed by atoms with E-state index in [1.165, 1.54) is 5.56 Å². The Balaban J connectivity index is 1.44. The van der Waals surface area contributed by atoms with Crippen molar-refractivity contribution in [2.75, 3.05) is 32.7 Å². The molecule has 5 nitrogen and oxygen atoms in total. The molecule has 2 aromatic heterocycles. The molecule has 1 aliphatic rings. The first-order valence-electron chi connectivity index (χ1n) is 9.80. The molecule has 4 rings (SSSR count). The fourth-order valence-corrected chi connectivity index (χ4v) is 4.02. The highest BCUT2D eigenvalue weighted by Gasteiger charge is 2.29. The van der Waals surface area contributed by atoms with Crippen LogP contribution in [-0.2, 0) is 13.5 Å². The molecule has 0 aliphatic carbocycles. The predicted octanol–water partition coefficient (Wildman–Crippen LogP) is 3.42. The summed E-state index contributed by atoms with van der Waals surface area (Å²) in [4.78, 5) is 9.68. The fourth-order valence-electron chi connectivity index (χ4n) is 3.90. The molecule has 1 aromatic carbocycles. The molecule has 0 spiro atoms. The average molecular weight is 396 g/mol.